The number of hydrogen-bond donors (Lipinski definition) is 0. The zero-order valence-electron chi connectivity index (χ0n) is 53.4. The maximum absolute atomic E-state index is 12.9. The summed E-state index contributed by atoms with van der Waals surface area (Å²) in [5.74, 6) is -0.951. The summed E-state index contributed by atoms with van der Waals surface area (Å²) in [6, 6.07) is 0. The highest BCUT2D eigenvalue weighted by molar-refractivity contribution is 5.71. The molecule has 0 saturated heterocycles. The van der Waals surface area contributed by atoms with Crippen LogP contribution in [0.5, 0.6) is 0 Å². The topological polar surface area (TPSA) is 78.9 Å². The molecule has 0 radical (unpaired) electrons. The van der Waals surface area contributed by atoms with E-state index in [9.17, 15) is 14.4 Å². The van der Waals surface area contributed by atoms with E-state index in [4.69, 9.17) is 14.2 Å². The lowest BCUT2D eigenvalue weighted by atomic mass is 10.1. The van der Waals surface area contributed by atoms with E-state index in [0.29, 0.717) is 12.8 Å². The van der Waals surface area contributed by atoms with Crippen LogP contribution in [-0.4, -0.2) is 37.2 Å². The number of hydrogen-bond acceptors (Lipinski definition) is 6. The second-order valence-corrected chi connectivity index (χ2v) is 21.6. The molecule has 0 aromatic carbocycles. The number of carbonyl (C=O) groups is 3. The Hall–Kier alpha value is -5.23. The fourth-order valence-corrected chi connectivity index (χ4v) is 8.71. The Morgan fingerprint density at radius 2 is 0.470 bits per heavy atom. The molecule has 466 valence electrons. The third-order valence-electron chi connectivity index (χ3n) is 13.7. The molecule has 0 heterocycles. The Labute approximate surface area is 511 Å². The lowest BCUT2D eigenvalue weighted by Gasteiger charge is -2.18. The molecular formula is C77H122O6. The normalized spacial score (nSPS) is 13.2. The molecule has 0 aromatic rings. The van der Waals surface area contributed by atoms with E-state index >= 15 is 0 Å². The van der Waals surface area contributed by atoms with E-state index in [2.05, 4.69) is 191 Å². The number of ether oxygens (including phenoxy) is 3. The number of rotatable bonds is 59. The van der Waals surface area contributed by atoms with Crippen molar-refractivity contribution in [2.24, 2.45) is 0 Å². The van der Waals surface area contributed by atoms with Crippen molar-refractivity contribution in [2.75, 3.05) is 13.2 Å². The molecule has 0 aliphatic carbocycles. The highest BCUT2D eigenvalue weighted by Gasteiger charge is 2.19. The minimum atomic E-state index is -0.810. The van der Waals surface area contributed by atoms with Gasteiger partial charge in [-0.1, -0.05) is 274 Å². The van der Waals surface area contributed by atoms with Crippen molar-refractivity contribution in [1.82, 2.24) is 0 Å². The van der Waals surface area contributed by atoms with Gasteiger partial charge in [0.15, 0.2) is 6.10 Å². The first-order chi connectivity index (χ1) is 41.0. The van der Waals surface area contributed by atoms with Gasteiger partial charge in [0, 0.05) is 19.3 Å². The van der Waals surface area contributed by atoms with E-state index < -0.39 is 6.10 Å². The van der Waals surface area contributed by atoms with E-state index in [1.807, 2.05) is 0 Å². The van der Waals surface area contributed by atoms with Crippen LogP contribution in [0.25, 0.3) is 0 Å². The Kier molecular flexibility index (Phi) is 64.9. The van der Waals surface area contributed by atoms with Crippen LogP contribution in [0, 0.1) is 0 Å². The maximum atomic E-state index is 12.9. The van der Waals surface area contributed by atoms with Gasteiger partial charge in [-0.2, -0.15) is 0 Å². The van der Waals surface area contributed by atoms with Gasteiger partial charge in [-0.15, -0.1) is 0 Å². The zero-order valence-corrected chi connectivity index (χ0v) is 53.4. The second kappa shape index (κ2) is 69.3. The number of unbranched alkanes of at least 4 members (excludes halogenated alkanes) is 20. The summed E-state index contributed by atoms with van der Waals surface area (Å²) in [6.07, 6.45) is 102. The minimum Gasteiger partial charge on any atom is -0.462 e. The first-order valence-corrected chi connectivity index (χ1v) is 33.6. The molecule has 0 saturated carbocycles. The summed E-state index contributed by atoms with van der Waals surface area (Å²) in [5, 5.41) is 0. The van der Waals surface area contributed by atoms with Gasteiger partial charge in [0.1, 0.15) is 13.2 Å². The number of esters is 3. The third kappa shape index (κ3) is 67.4. The van der Waals surface area contributed by atoms with Crippen molar-refractivity contribution in [1.29, 1.82) is 0 Å². The van der Waals surface area contributed by atoms with Gasteiger partial charge >= 0.3 is 17.9 Å². The zero-order chi connectivity index (χ0) is 59.9. The van der Waals surface area contributed by atoms with Crippen molar-refractivity contribution in [3.63, 3.8) is 0 Å². The summed E-state index contributed by atoms with van der Waals surface area (Å²) in [5.41, 5.74) is 0. The standard InChI is InChI=1S/C77H122O6/c1-4-7-10-13-16-19-22-25-28-30-31-32-33-34-35-36-37-38-39-40-41-42-43-44-45-47-49-52-55-58-61-64-67-70-76(79)82-73-74(72-81-75(78)69-66-63-60-57-54-51-48-27-24-21-18-15-12-9-6-3)83-77(80)71-68-65-62-59-56-53-50-46-29-26-23-20-17-14-11-8-5-2/h7-8,10-11,16-21,25-29,31-32,34-35,37-38,40-41,43-44,48,50,53,74H,4-6,9,12-15,22-24,30,33,36,39,42,45-47,49,51-52,54-73H2,1-3H3/b10-7-,11-8-,19-16-,20-17-,21-18-,28-25-,29-26-,32-31-,35-34-,38-37-,41-40-,44-43-,48-27-,53-50-. The lowest BCUT2D eigenvalue weighted by molar-refractivity contribution is -0.167. The molecule has 1 atom stereocenters. The van der Waals surface area contributed by atoms with Crippen LogP contribution in [0.15, 0.2) is 170 Å². The Balaban J connectivity index is 4.37. The molecule has 0 aliphatic heterocycles. The molecule has 0 bridgehead atoms. The van der Waals surface area contributed by atoms with Crippen LogP contribution in [0.2, 0.25) is 0 Å². The predicted octanol–water partition coefficient (Wildman–Crippen LogP) is 23.4. The maximum Gasteiger partial charge on any atom is 0.306 e. The van der Waals surface area contributed by atoms with Crippen LogP contribution >= 0.6 is 0 Å². The molecule has 0 amide bonds. The fraction of sp³-hybridized carbons (Fsp3) is 0.597. The van der Waals surface area contributed by atoms with E-state index in [1.54, 1.807) is 0 Å². The molecule has 0 aliphatic rings. The van der Waals surface area contributed by atoms with Gasteiger partial charge < -0.3 is 14.2 Å². The summed E-state index contributed by atoms with van der Waals surface area (Å²) in [7, 11) is 0. The molecular weight excluding hydrogens is 1020 g/mol. The first-order valence-electron chi connectivity index (χ1n) is 33.6. The van der Waals surface area contributed by atoms with E-state index in [-0.39, 0.29) is 37.5 Å². The Morgan fingerprint density at radius 1 is 0.253 bits per heavy atom. The largest absolute Gasteiger partial charge is 0.462 e. The average Bonchev–Trinajstić information content (AvgIpc) is 3.49. The third-order valence-corrected chi connectivity index (χ3v) is 13.7. The first kappa shape index (κ1) is 77.8. The molecule has 0 aromatic heterocycles. The summed E-state index contributed by atoms with van der Waals surface area (Å²) in [4.78, 5) is 38.4. The quantitative estimate of drug-likeness (QED) is 0.0261. The van der Waals surface area contributed by atoms with Crippen LogP contribution in [-0.2, 0) is 28.6 Å². The van der Waals surface area contributed by atoms with Crippen LogP contribution in [0.3, 0.4) is 0 Å². The number of allylic oxidation sites excluding steroid dienone is 28. The SMILES string of the molecule is CC/C=C\C/C=C\C/C=C\C/C=C\C/C=C\C/C=C\C/C=C\C/C=C\CCCCCCCCCCC(=O)OCC(COC(=O)CCCCCCC/C=C\C/C=C\CCCCC)OC(=O)CCCCCC/C=C\C/C=C\C/C=C\C/C=C\CC. The van der Waals surface area contributed by atoms with Crippen molar-refractivity contribution < 1.29 is 28.6 Å². The fourth-order valence-electron chi connectivity index (χ4n) is 8.71. The van der Waals surface area contributed by atoms with E-state index in [1.165, 1.54) is 57.8 Å². The van der Waals surface area contributed by atoms with Crippen molar-refractivity contribution in [3.8, 4) is 0 Å². The predicted molar refractivity (Wildman–Crippen MR) is 361 cm³/mol. The van der Waals surface area contributed by atoms with Gasteiger partial charge in [0.25, 0.3) is 0 Å². The number of carbonyl (C=O) groups excluding carboxylic acids is 3. The molecule has 0 N–H and O–H groups in total. The molecule has 0 fully saturated rings. The van der Waals surface area contributed by atoms with Crippen molar-refractivity contribution >= 4 is 17.9 Å². The van der Waals surface area contributed by atoms with Crippen molar-refractivity contribution in [3.05, 3.63) is 170 Å². The molecule has 6 nitrogen and oxygen atoms in total. The molecule has 0 rings (SSSR count). The van der Waals surface area contributed by atoms with Gasteiger partial charge in [-0.3, -0.25) is 14.4 Å². The van der Waals surface area contributed by atoms with Gasteiger partial charge in [-0.25, -0.2) is 0 Å². The van der Waals surface area contributed by atoms with Crippen LogP contribution < -0.4 is 0 Å². The molecule has 6 heteroatoms. The lowest BCUT2D eigenvalue weighted by Crippen LogP contribution is -2.30. The highest BCUT2D eigenvalue weighted by Crippen LogP contribution is 2.14. The highest BCUT2D eigenvalue weighted by atomic mass is 16.6. The Bertz CT molecular complexity index is 1890. The van der Waals surface area contributed by atoms with Crippen LogP contribution in [0.1, 0.15) is 278 Å². The molecule has 1 unspecified atom stereocenters. The molecule has 0 spiro atoms. The second-order valence-electron chi connectivity index (χ2n) is 21.6. The average molecular weight is 1140 g/mol. The van der Waals surface area contributed by atoms with E-state index in [0.717, 1.165) is 180 Å². The molecule has 83 heavy (non-hydrogen) atoms. The summed E-state index contributed by atoms with van der Waals surface area (Å²) >= 11 is 0. The monoisotopic (exact) mass is 1140 g/mol. The smallest absolute Gasteiger partial charge is 0.306 e. The van der Waals surface area contributed by atoms with Gasteiger partial charge in [-0.05, 0) is 154 Å². The summed E-state index contributed by atoms with van der Waals surface area (Å²) in [6.45, 7) is 6.34. The van der Waals surface area contributed by atoms with Crippen LogP contribution in [0.4, 0.5) is 0 Å². The summed E-state index contributed by atoms with van der Waals surface area (Å²) < 4.78 is 16.9. The van der Waals surface area contributed by atoms with Gasteiger partial charge in [0.2, 0.25) is 0 Å². The van der Waals surface area contributed by atoms with Gasteiger partial charge in [0.05, 0.1) is 0 Å². The van der Waals surface area contributed by atoms with Crippen molar-refractivity contribution in [2.45, 2.75) is 284 Å². The Morgan fingerprint density at radius 3 is 0.735 bits per heavy atom. The minimum absolute atomic E-state index is 0.104.